The standard InChI is InChI=1S/C31H32O4S/c1-30(2,3)22-10-18-28(19-11-22)36(33,34)29-20-16-27(17-21-29)35-26-14-8-24(9-15-26)31(4,5)23-6-12-25(32)13-7-23/h6-21,32H,1-5H3. The molecule has 4 nitrogen and oxygen atoms in total. The Balaban J connectivity index is 1.48. The molecule has 0 aliphatic rings. The minimum atomic E-state index is -3.61. The summed E-state index contributed by atoms with van der Waals surface area (Å²) in [4.78, 5) is 0.500. The summed E-state index contributed by atoms with van der Waals surface area (Å²) in [6.07, 6.45) is 0. The lowest BCUT2D eigenvalue weighted by Gasteiger charge is -2.26. The van der Waals surface area contributed by atoms with Crippen LogP contribution in [0.25, 0.3) is 0 Å². The van der Waals surface area contributed by atoms with Gasteiger partial charge in [-0.15, -0.1) is 0 Å². The number of phenols is 1. The molecular formula is C31H32O4S. The summed E-state index contributed by atoms with van der Waals surface area (Å²) >= 11 is 0. The molecule has 36 heavy (non-hydrogen) atoms. The predicted octanol–water partition coefficient (Wildman–Crippen LogP) is 7.64. The van der Waals surface area contributed by atoms with Crippen LogP contribution in [-0.2, 0) is 20.7 Å². The monoisotopic (exact) mass is 500 g/mol. The third-order valence-corrected chi connectivity index (χ3v) is 8.35. The van der Waals surface area contributed by atoms with Gasteiger partial charge in [-0.05, 0) is 82.8 Å². The van der Waals surface area contributed by atoms with Gasteiger partial charge in [0.1, 0.15) is 17.2 Å². The molecule has 186 valence electrons. The van der Waals surface area contributed by atoms with E-state index in [4.69, 9.17) is 4.74 Å². The van der Waals surface area contributed by atoms with Crippen molar-refractivity contribution in [2.24, 2.45) is 0 Å². The molecule has 0 atom stereocenters. The number of phenolic OH excluding ortho intramolecular Hbond substituents is 1. The number of sulfone groups is 1. The SMILES string of the molecule is CC(C)(C)c1ccc(S(=O)(=O)c2ccc(Oc3ccc(C(C)(C)c4ccc(O)cc4)cc3)cc2)cc1. The van der Waals surface area contributed by atoms with Crippen molar-refractivity contribution in [2.75, 3.05) is 0 Å². The first-order chi connectivity index (χ1) is 16.9. The predicted molar refractivity (Wildman–Crippen MR) is 144 cm³/mol. The highest BCUT2D eigenvalue weighted by Gasteiger charge is 2.23. The number of hydrogen-bond acceptors (Lipinski definition) is 4. The lowest BCUT2D eigenvalue weighted by Crippen LogP contribution is -2.18. The lowest BCUT2D eigenvalue weighted by atomic mass is 9.78. The maximum absolute atomic E-state index is 13.1. The molecule has 0 fully saturated rings. The molecule has 0 saturated heterocycles. The van der Waals surface area contributed by atoms with Crippen molar-refractivity contribution in [3.63, 3.8) is 0 Å². The van der Waals surface area contributed by atoms with E-state index in [2.05, 4.69) is 34.6 Å². The van der Waals surface area contributed by atoms with E-state index in [0.29, 0.717) is 11.5 Å². The van der Waals surface area contributed by atoms with Gasteiger partial charge in [-0.25, -0.2) is 8.42 Å². The summed E-state index contributed by atoms with van der Waals surface area (Å²) < 4.78 is 32.1. The molecule has 0 aliphatic heterocycles. The summed E-state index contributed by atoms with van der Waals surface area (Å²) in [5.41, 5.74) is 3.01. The van der Waals surface area contributed by atoms with Gasteiger partial charge in [0, 0.05) is 5.41 Å². The van der Waals surface area contributed by atoms with Crippen molar-refractivity contribution < 1.29 is 18.3 Å². The molecule has 4 aromatic rings. The van der Waals surface area contributed by atoms with Crippen LogP contribution in [0.1, 0.15) is 51.3 Å². The van der Waals surface area contributed by atoms with E-state index < -0.39 is 9.84 Å². The summed E-state index contributed by atoms with van der Waals surface area (Å²) in [5, 5.41) is 9.58. The maximum Gasteiger partial charge on any atom is 0.206 e. The van der Waals surface area contributed by atoms with Crippen LogP contribution in [0.5, 0.6) is 17.2 Å². The highest BCUT2D eigenvalue weighted by Crippen LogP contribution is 2.34. The van der Waals surface area contributed by atoms with Gasteiger partial charge in [0.05, 0.1) is 9.79 Å². The first-order valence-corrected chi connectivity index (χ1v) is 13.4. The molecule has 4 aromatic carbocycles. The van der Waals surface area contributed by atoms with E-state index in [1.807, 2.05) is 48.5 Å². The van der Waals surface area contributed by atoms with Crippen molar-refractivity contribution in [2.45, 2.75) is 55.2 Å². The second-order valence-electron chi connectivity index (χ2n) is 10.5. The van der Waals surface area contributed by atoms with Gasteiger partial charge < -0.3 is 9.84 Å². The third kappa shape index (κ3) is 5.31. The summed E-state index contributed by atoms with van der Waals surface area (Å²) in [7, 11) is -3.61. The van der Waals surface area contributed by atoms with Crippen LogP contribution in [-0.4, -0.2) is 13.5 Å². The molecule has 0 unspecified atom stereocenters. The summed E-state index contributed by atoms with van der Waals surface area (Å²) in [5.74, 6) is 1.46. The normalized spacial score (nSPS) is 12.4. The Kier molecular flexibility index (Phi) is 6.72. The van der Waals surface area contributed by atoms with Crippen molar-refractivity contribution in [3.8, 4) is 17.2 Å². The zero-order chi connectivity index (χ0) is 26.1. The van der Waals surface area contributed by atoms with E-state index in [9.17, 15) is 13.5 Å². The maximum atomic E-state index is 13.1. The van der Waals surface area contributed by atoms with Gasteiger partial charge in [0.25, 0.3) is 0 Å². The van der Waals surface area contributed by atoms with Gasteiger partial charge in [0.15, 0.2) is 0 Å². The van der Waals surface area contributed by atoms with Crippen LogP contribution >= 0.6 is 0 Å². The third-order valence-electron chi connectivity index (χ3n) is 6.57. The number of rotatable bonds is 6. The molecular weight excluding hydrogens is 468 g/mol. The van der Waals surface area contributed by atoms with Crippen molar-refractivity contribution >= 4 is 9.84 Å². The van der Waals surface area contributed by atoms with Gasteiger partial charge in [0.2, 0.25) is 9.84 Å². The number of hydrogen-bond donors (Lipinski definition) is 1. The molecule has 0 saturated carbocycles. The summed E-state index contributed by atoms with van der Waals surface area (Å²) in [6, 6.07) is 28.6. The first kappa shape index (κ1) is 25.5. The van der Waals surface area contributed by atoms with Crippen molar-refractivity contribution in [1.29, 1.82) is 0 Å². The highest BCUT2D eigenvalue weighted by molar-refractivity contribution is 7.91. The Bertz CT molecular complexity index is 1430. The van der Waals surface area contributed by atoms with E-state index in [0.717, 1.165) is 16.7 Å². The largest absolute Gasteiger partial charge is 0.508 e. The molecule has 0 spiro atoms. The second kappa shape index (κ2) is 9.47. The Morgan fingerprint density at radius 1 is 0.556 bits per heavy atom. The molecule has 5 heteroatoms. The molecule has 0 heterocycles. The van der Waals surface area contributed by atoms with Crippen LogP contribution in [0.4, 0.5) is 0 Å². The topological polar surface area (TPSA) is 63.6 Å². The number of aromatic hydroxyl groups is 1. The van der Waals surface area contributed by atoms with Crippen LogP contribution < -0.4 is 4.74 Å². The Hall–Kier alpha value is -3.57. The molecule has 0 bridgehead atoms. The van der Waals surface area contributed by atoms with Crippen molar-refractivity contribution in [1.82, 2.24) is 0 Å². The fourth-order valence-electron chi connectivity index (χ4n) is 4.08. The Morgan fingerprint density at radius 2 is 0.917 bits per heavy atom. The first-order valence-electron chi connectivity index (χ1n) is 11.9. The zero-order valence-corrected chi connectivity index (χ0v) is 22.1. The molecule has 0 aliphatic carbocycles. The fraction of sp³-hybridized carbons (Fsp3) is 0.226. The molecule has 4 rings (SSSR count). The molecule has 1 N–H and O–H groups in total. The Labute approximate surface area is 214 Å². The zero-order valence-electron chi connectivity index (χ0n) is 21.3. The minimum Gasteiger partial charge on any atom is -0.508 e. The van der Waals surface area contributed by atoms with Gasteiger partial charge >= 0.3 is 0 Å². The van der Waals surface area contributed by atoms with E-state index in [-0.39, 0.29) is 26.4 Å². The van der Waals surface area contributed by atoms with Crippen LogP contribution in [0, 0.1) is 0 Å². The molecule has 0 amide bonds. The van der Waals surface area contributed by atoms with Crippen LogP contribution in [0.2, 0.25) is 0 Å². The van der Waals surface area contributed by atoms with Gasteiger partial charge in [-0.2, -0.15) is 0 Å². The van der Waals surface area contributed by atoms with E-state index in [1.54, 1.807) is 48.5 Å². The Morgan fingerprint density at radius 3 is 1.36 bits per heavy atom. The smallest absolute Gasteiger partial charge is 0.206 e. The number of benzene rings is 4. The van der Waals surface area contributed by atoms with Crippen LogP contribution in [0.3, 0.4) is 0 Å². The molecule has 0 radical (unpaired) electrons. The highest BCUT2D eigenvalue weighted by atomic mass is 32.2. The number of ether oxygens (including phenoxy) is 1. The van der Waals surface area contributed by atoms with Crippen molar-refractivity contribution in [3.05, 3.63) is 114 Å². The second-order valence-corrected chi connectivity index (χ2v) is 12.5. The van der Waals surface area contributed by atoms with Gasteiger partial charge in [-0.1, -0.05) is 71.0 Å². The quantitative estimate of drug-likeness (QED) is 0.295. The van der Waals surface area contributed by atoms with E-state index in [1.165, 1.54) is 0 Å². The van der Waals surface area contributed by atoms with Gasteiger partial charge in [-0.3, -0.25) is 0 Å². The average molecular weight is 501 g/mol. The lowest BCUT2D eigenvalue weighted by molar-refractivity contribution is 0.474. The summed E-state index contributed by atoms with van der Waals surface area (Å²) in [6.45, 7) is 10.5. The van der Waals surface area contributed by atoms with E-state index >= 15 is 0 Å². The van der Waals surface area contributed by atoms with Crippen LogP contribution in [0.15, 0.2) is 107 Å². The fourth-order valence-corrected chi connectivity index (χ4v) is 5.34. The minimum absolute atomic E-state index is 0.0409. The molecule has 0 aromatic heterocycles. The average Bonchev–Trinajstić information content (AvgIpc) is 2.84.